The summed E-state index contributed by atoms with van der Waals surface area (Å²) >= 11 is 12.0. The zero-order valence-electron chi connectivity index (χ0n) is 15.0. The van der Waals surface area contributed by atoms with Crippen molar-refractivity contribution in [1.29, 1.82) is 0 Å². The van der Waals surface area contributed by atoms with Crippen molar-refractivity contribution >= 4 is 29.1 Å². The molecule has 2 atom stereocenters. The molecule has 0 aliphatic carbocycles. The van der Waals surface area contributed by atoms with Crippen LogP contribution in [0.4, 0.5) is 0 Å². The average molecular weight is 392 g/mol. The molecule has 2 aromatic carbocycles. The van der Waals surface area contributed by atoms with Crippen molar-refractivity contribution < 1.29 is 9.53 Å². The number of carbonyl (C=O) groups is 1. The van der Waals surface area contributed by atoms with Crippen LogP contribution in [0.1, 0.15) is 49.0 Å². The van der Waals surface area contributed by atoms with Gasteiger partial charge in [-0.25, -0.2) is 0 Å². The monoisotopic (exact) mass is 391 g/mol. The molecular weight excluding hydrogens is 369 g/mol. The normalized spacial score (nSPS) is 20.1. The molecular formula is C21H23Cl2NO2. The number of carbonyl (C=O) groups excluding carboxylic acids is 1. The van der Waals surface area contributed by atoms with Gasteiger partial charge in [0.15, 0.2) is 0 Å². The van der Waals surface area contributed by atoms with Gasteiger partial charge in [-0.3, -0.25) is 4.79 Å². The summed E-state index contributed by atoms with van der Waals surface area (Å²) in [6.07, 6.45) is 3.30. The van der Waals surface area contributed by atoms with E-state index in [1.165, 1.54) is 6.42 Å². The highest BCUT2D eigenvalue weighted by Gasteiger charge is 2.29. The second-order valence-corrected chi connectivity index (χ2v) is 7.72. The molecule has 0 bridgehead atoms. The van der Waals surface area contributed by atoms with Gasteiger partial charge in [-0.05, 0) is 69.0 Å². The fourth-order valence-corrected chi connectivity index (χ4v) is 3.81. The Morgan fingerprint density at radius 3 is 2.50 bits per heavy atom. The summed E-state index contributed by atoms with van der Waals surface area (Å²) in [5, 5.41) is 1.03. The van der Waals surface area contributed by atoms with E-state index in [0.717, 1.165) is 18.4 Å². The Hall–Kier alpha value is -1.71. The van der Waals surface area contributed by atoms with Crippen molar-refractivity contribution in [3.63, 3.8) is 0 Å². The Labute approximate surface area is 164 Å². The van der Waals surface area contributed by atoms with Crippen LogP contribution in [0.25, 0.3) is 0 Å². The van der Waals surface area contributed by atoms with Crippen molar-refractivity contribution in [3.05, 3.63) is 63.6 Å². The van der Waals surface area contributed by atoms with Crippen LogP contribution in [0.3, 0.4) is 0 Å². The first kappa shape index (κ1) is 19.1. The van der Waals surface area contributed by atoms with Crippen LogP contribution in [0.5, 0.6) is 5.75 Å². The molecule has 1 fully saturated rings. The van der Waals surface area contributed by atoms with E-state index in [-0.39, 0.29) is 18.0 Å². The smallest absolute Gasteiger partial charge is 0.254 e. The fraction of sp³-hybridized carbons (Fsp3) is 0.381. The van der Waals surface area contributed by atoms with E-state index in [4.69, 9.17) is 27.9 Å². The van der Waals surface area contributed by atoms with Gasteiger partial charge in [0.05, 0.1) is 10.0 Å². The lowest BCUT2D eigenvalue weighted by molar-refractivity contribution is 0.0510. The van der Waals surface area contributed by atoms with Gasteiger partial charge in [0, 0.05) is 17.6 Å². The number of rotatable bonds is 4. The van der Waals surface area contributed by atoms with Crippen molar-refractivity contribution in [2.24, 2.45) is 0 Å². The lowest BCUT2D eigenvalue weighted by atomic mass is 9.96. The van der Waals surface area contributed by atoms with Crippen LogP contribution in [0.2, 0.25) is 10.0 Å². The molecule has 1 heterocycles. The van der Waals surface area contributed by atoms with Crippen LogP contribution in [-0.2, 0) is 6.61 Å². The van der Waals surface area contributed by atoms with Crippen molar-refractivity contribution in [3.8, 4) is 5.75 Å². The molecule has 0 aromatic heterocycles. The quantitative estimate of drug-likeness (QED) is 0.641. The van der Waals surface area contributed by atoms with Gasteiger partial charge in [0.1, 0.15) is 12.4 Å². The SMILES string of the molecule is C[C@H]1CCC[C@H](C)N1C(=O)c1cccc(OCc2ccc(Cl)c(Cl)c2)c1. The molecule has 1 aliphatic rings. The summed E-state index contributed by atoms with van der Waals surface area (Å²) in [7, 11) is 0. The summed E-state index contributed by atoms with van der Waals surface area (Å²) in [6.45, 7) is 4.61. The third-order valence-electron chi connectivity index (χ3n) is 4.90. The Morgan fingerprint density at radius 1 is 1.08 bits per heavy atom. The predicted molar refractivity (Wildman–Crippen MR) is 106 cm³/mol. The van der Waals surface area contributed by atoms with Gasteiger partial charge in [-0.15, -0.1) is 0 Å². The highest BCUT2D eigenvalue weighted by molar-refractivity contribution is 6.42. The third kappa shape index (κ3) is 4.33. The van der Waals surface area contributed by atoms with E-state index >= 15 is 0 Å². The third-order valence-corrected chi connectivity index (χ3v) is 5.64. The van der Waals surface area contributed by atoms with E-state index in [0.29, 0.717) is 28.0 Å². The first-order valence-electron chi connectivity index (χ1n) is 8.95. The number of halogens is 2. The minimum atomic E-state index is 0.0738. The molecule has 138 valence electrons. The topological polar surface area (TPSA) is 29.5 Å². The molecule has 3 nitrogen and oxygen atoms in total. The number of hydrogen-bond acceptors (Lipinski definition) is 2. The number of hydrogen-bond donors (Lipinski definition) is 0. The van der Waals surface area contributed by atoms with Crippen molar-refractivity contribution in [2.45, 2.75) is 51.8 Å². The van der Waals surface area contributed by atoms with E-state index in [1.807, 2.05) is 35.2 Å². The minimum Gasteiger partial charge on any atom is -0.489 e. The number of piperidine rings is 1. The zero-order chi connectivity index (χ0) is 18.7. The maximum atomic E-state index is 13.0. The van der Waals surface area contributed by atoms with Crippen LogP contribution in [0.15, 0.2) is 42.5 Å². The van der Waals surface area contributed by atoms with Crippen molar-refractivity contribution in [1.82, 2.24) is 4.90 Å². The van der Waals surface area contributed by atoms with E-state index in [9.17, 15) is 4.79 Å². The van der Waals surface area contributed by atoms with Crippen LogP contribution in [0, 0.1) is 0 Å². The fourth-order valence-electron chi connectivity index (χ4n) is 3.49. The van der Waals surface area contributed by atoms with Gasteiger partial charge in [0.2, 0.25) is 0 Å². The van der Waals surface area contributed by atoms with E-state index in [2.05, 4.69) is 13.8 Å². The second-order valence-electron chi connectivity index (χ2n) is 6.91. The maximum Gasteiger partial charge on any atom is 0.254 e. The Bertz CT molecular complexity index is 783. The van der Waals surface area contributed by atoms with Gasteiger partial charge < -0.3 is 9.64 Å². The van der Waals surface area contributed by atoms with Crippen LogP contribution < -0.4 is 4.74 Å². The summed E-state index contributed by atoms with van der Waals surface area (Å²) in [6, 6.07) is 13.3. The average Bonchev–Trinajstić information content (AvgIpc) is 2.63. The largest absolute Gasteiger partial charge is 0.489 e. The predicted octanol–water partition coefficient (Wildman–Crippen LogP) is 5.98. The molecule has 0 spiro atoms. The Kier molecular flexibility index (Phi) is 6.10. The van der Waals surface area contributed by atoms with Crippen molar-refractivity contribution in [2.75, 3.05) is 0 Å². The van der Waals surface area contributed by atoms with Gasteiger partial charge in [0.25, 0.3) is 5.91 Å². The Balaban J connectivity index is 1.71. The summed E-state index contributed by atoms with van der Waals surface area (Å²) in [5.41, 5.74) is 1.59. The standard InChI is InChI=1S/C21H23Cl2NO2/c1-14-5-3-6-15(2)24(14)21(25)17-7-4-8-18(12-17)26-13-16-9-10-19(22)20(23)11-16/h4,7-12,14-15H,3,5-6,13H2,1-2H3/t14-,15-/m0/s1. The molecule has 2 aromatic rings. The first-order valence-corrected chi connectivity index (χ1v) is 9.70. The molecule has 1 amide bonds. The first-order chi connectivity index (χ1) is 12.5. The number of amides is 1. The number of nitrogens with zero attached hydrogens (tertiary/aromatic N) is 1. The highest BCUT2D eigenvalue weighted by atomic mass is 35.5. The molecule has 3 rings (SSSR count). The van der Waals surface area contributed by atoms with Gasteiger partial charge in [-0.2, -0.15) is 0 Å². The molecule has 0 unspecified atom stereocenters. The van der Waals surface area contributed by atoms with Crippen LogP contribution >= 0.6 is 23.2 Å². The molecule has 0 N–H and O–H groups in total. The van der Waals surface area contributed by atoms with Crippen LogP contribution in [-0.4, -0.2) is 22.9 Å². The Morgan fingerprint density at radius 2 is 1.81 bits per heavy atom. The molecule has 5 heteroatoms. The van der Waals surface area contributed by atoms with E-state index < -0.39 is 0 Å². The number of benzene rings is 2. The molecule has 1 saturated heterocycles. The maximum absolute atomic E-state index is 13.0. The lowest BCUT2D eigenvalue weighted by Crippen LogP contribution is -2.47. The van der Waals surface area contributed by atoms with E-state index in [1.54, 1.807) is 12.1 Å². The molecule has 0 radical (unpaired) electrons. The van der Waals surface area contributed by atoms with Gasteiger partial charge >= 0.3 is 0 Å². The highest BCUT2D eigenvalue weighted by Crippen LogP contribution is 2.26. The number of ether oxygens (including phenoxy) is 1. The molecule has 1 aliphatic heterocycles. The van der Waals surface area contributed by atoms with Gasteiger partial charge in [-0.1, -0.05) is 35.3 Å². The summed E-state index contributed by atoms with van der Waals surface area (Å²) in [5.74, 6) is 0.740. The summed E-state index contributed by atoms with van der Waals surface area (Å²) < 4.78 is 5.85. The lowest BCUT2D eigenvalue weighted by Gasteiger charge is -2.39. The second kappa shape index (κ2) is 8.32. The summed E-state index contributed by atoms with van der Waals surface area (Å²) in [4.78, 5) is 15.0. The zero-order valence-corrected chi connectivity index (χ0v) is 16.6. The molecule has 0 saturated carbocycles. The minimum absolute atomic E-state index is 0.0738. The molecule has 26 heavy (non-hydrogen) atoms. The number of likely N-dealkylation sites (tertiary alicyclic amines) is 1.